The summed E-state index contributed by atoms with van der Waals surface area (Å²) in [5, 5.41) is 0. The van der Waals surface area contributed by atoms with Gasteiger partial charge in [0, 0.05) is 23.4 Å². The third kappa shape index (κ3) is 3.59. The highest BCUT2D eigenvalue weighted by Gasteiger charge is 2.62. The van der Waals surface area contributed by atoms with Crippen molar-refractivity contribution in [3.8, 4) is 0 Å². The molecule has 2 saturated heterocycles. The average molecular weight is 386 g/mol. The van der Waals surface area contributed by atoms with E-state index in [1.165, 1.54) is 32.1 Å². The van der Waals surface area contributed by atoms with E-state index in [9.17, 15) is 0 Å². The monoisotopic (exact) mass is 385 g/mol. The fourth-order valence-corrected chi connectivity index (χ4v) is 5.75. The van der Waals surface area contributed by atoms with Gasteiger partial charge in [0.25, 0.3) is 0 Å². The zero-order valence-corrected chi connectivity index (χ0v) is 18.3. The van der Waals surface area contributed by atoms with Crippen LogP contribution in [0.5, 0.6) is 0 Å². The zero-order valence-electron chi connectivity index (χ0n) is 17.4. The van der Waals surface area contributed by atoms with Gasteiger partial charge in [-0.1, -0.05) is 52.8 Å². The van der Waals surface area contributed by atoms with Crippen LogP contribution in [0.3, 0.4) is 0 Å². The number of rotatable bonds is 5. The minimum atomic E-state index is -0.519. The van der Waals surface area contributed by atoms with Crippen LogP contribution in [-0.4, -0.2) is 46.6 Å². The quantitative estimate of drug-likeness (QED) is 0.677. The lowest BCUT2D eigenvalue weighted by molar-refractivity contribution is -0.271. The topological polar surface area (TPSA) is 30.9 Å². The third-order valence-electron chi connectivity index (χ3n) is 7.64. The summed E-state index contributed by atoms with van der Waals surface area (Å²) in [6, 6.07) is 0. The van der Waals surface area contributed by atoms with E-state index in [4.69, 9.17) is 27.0 Å². The minimum Gasteiger partial charge on any atom is -0.375 e. The molecule has 152 valence electrons. The first-order valence-electron chi connectivity index (χ1n) is 10.7. The molecule has 1 aliphatic carbocycles. The van der Waals surface area contributed by atoms with Crippen LogP contribution in [0, 0.1) is 5.92 Å². The summed E-state index contributed by atoms with van der Waals surface area (Å²) >= 11 is 4.95. The van der Waals surface area contributed by atoms with E-state index in [2.05, 4.69) is 38.9 Å². The Bertz CT molecular complexity index is 486. The maximum atomic E-state index is 6.63. The van der Waals surface area contributed by atoms with E-state index in [0.29, 0.717) is 19.3 Å². The Kier molecular flexibility index (Phi) is 6.36. The second-order valence-electron chi connectivity index (χ2n) is 9.23. The summed E-state index contributed by atoms with van der Waals surface area (Å²) in [4.78, 5) is 0. The van der Waals surface area contributed by atoms with Crippen molar-refractivity contribution in [2.45, 2.75) is 115 Å². The molecule has 0 N–H and O–H groups in total. The van der Waals surface area contributed by atoms with Crippen molar-refractivity contribution in [1.82, 2.24) is 4.31 Å². The molecule has 5 atom stereocenters. The normalized spacial score (nSPS) is 45.5. The van der Waals surface area contributed by atoms with Crippen LogP contribution in [0.2, 0.25) is 0 Å². The standard InChI is InChI=1S/C21H39NO3S/c1-6-19(4)15-21(16(3)20(5,7-2)22(19)26)24-14-18(25-21)13-23-17-11-9-8-10-12-17/h16-18,26H,6-15H2,1-5H3. The smallest absolute Gasteiger partial charge is 0.175 e. The maximum Gasteiger partial charge on any atom is 0.175 e. The van der Waals surface area contributed by atoms with Gasteiger partial charge in [-0.15, -0.1) is 0 Å². The lowest BCUT2D eigenvalue weighted by Crippen LogP contribution is -2.69. The first kappa shape index (κ1) is 20.9. The van der Waals surface area contributed by atoms with Crippen molar-refractivity contribution in [2.24, 2.45) is 5.92 Å². The molecule has 3 fully saturated rings. The largest absolute Gasteiger partial charge is 0.375 e. The highest BCUT2D eigenvalue weighted by atomic mass is 32.1. The molecule has 0 amide bonds. The maximum absolute atomic E-state index is 6.63. The van der Waals surface area contributed by atoms with Crippen LogP contribution in [-0.2, 0) is 14.2 Å². The number of thiol groups is 1. The lowest BCUT2D eigenvalue weighted by Gasteiger charge is -2.61. The molecule has 1 saturated carbocycles. The van der Waals surface area contributed by atoms with E-state index >= 15 is 0 Å². The van der Waals surface area contributed by atoms with Gasteiger partial charge in [0.05, 0.1) is 19.3 Å². The van der Waals surface area contributed by atoms with Crippen molar-refractivity contribution >= 4 is 12.8 Å². The predicted molar refractivity (Wildman–Crippen MR) is 108 cm³/mol. The van der Waals surface area contributed by atoms with Crippen molar-refractivity contribution < 1.29 is 14.2 Å². The Morgan fingerprint density at radius 1 is 1.12 bits per heavy atom. The van der Waals surface area contributed by atoms with Gasteiger partial charge in [0.15, 0.2) is 5.79 Å². The van der Waals surface area contributed by atoms with Crippen LogP contribution in [0.1, 0.15) is 86.0 Å². The number of ether oxygens (including phenoxy) is 3. The summed E-state index contributed by atoms with van der Waals surface area (Å²) in [6.45, 7) is 12.7. The average Bonchev–Trinajstić information content (AvgIpc) is 3.08. The molecule has 0 aromatic carbocycles. The lowest BCUT2D eigenvalue weighted by atomic mass is 9.68. The van der Waals surface area contributed by atoms with Crippen molar-refractivity contribution in [3.05, 3.63) is 0 Å². The molecule has 0 aromatic rings. The van der Waals surface area contributed by atoms with Crippen molar-refractivity contribution in [2.75, 3.05) is 13.2 Å². The molecular weight excluding hydrogens is 346 g/mol. The van der Waals surface area contributed by atoms with E-state index < -0.39 is 5.79 Å². The van der Waals surface area contributed by atoms with Crippen LogP contribution in [0.25, 0.3) is 0 Å². The molecule has 3 rings (SSSR count). The van der Waals surface area contributed by atoms with Gasteiger partial charge in [0.2, 0.25) is 0 Å². The van der Waals surface area contributed by atoms with E-state index in [0.717, 1.165) is 19.3 Å². The molecule has 1 spiro atoms. The van der Waals surface area contributed by atoms with Crippen LogP contribution in [0.15, 0.2) is 0 Å². The van der Waals surface area contributed by atoms with Crippen LogP contribution < -0.4 is 0 Å². The summed E-state index contributed by atoms with van der Waals surface area (Å²) in [5.41, 5.74) is -0.106. The summed E-state index contributed by atoms with van der Waals surface area (Å²) in [7, 11) is 0. The van der Waals surface area contributed by atoms with E-state index in [-0.39, 0.29) is 23.1 Å². The number of piperidine rings is 1. The van der Waals surface area contributed by atoms with Crippen molar-refractivity contribution in [3.63, 3.8) is 0 Å². The molecule has 5 unspecified atom stereocenters. The summed E-state index contributed by atoms with van der Waals surface area (Å²) in [6.07, 6.45) is 9.73. The van der Waals surface area contributed by atoms with Gasteiger partial charge in [-0.3, -0.25) is 0 Å². The number of hydrogen-bond donors (Lipinski definition) is 1. The highest BCUT2D eigenvalue weighted by molar-refractivity contribution is 7.77. The van der Waals surface area contributed by atoms with Gasteiger partial charge < -0.3 is 14.2 Å². The predicted octanol–water partition coefficient (Wildman–Crippen LogP) is 4.97. The molecular formula is C21H39NO3S. The Morgan fingerprint density at radius 2 is 1.81 bits per heavy atom. The second kappa shape index (κ2) is 7.90. The van der Waals surface area contributed by atoms with Gasteiger partial charge in [-0.2, -0.15) is 0 Å². The Morgan fingerprint density at radius 3 is 2.42 bits per heavy atom. The SMILES string of the molecule is CCC1(C)CC2(OCC(COC3CCCCC3)O2)C(C)C(C)(CC)N1S. The molecule has 2 heterocycles. The molecule has 4 nitrogen and oxygen atoms in total. The Hall–Kier alpha value is 0.190. The fraction of sp³-hybridized carbons (Fsp3) is 1.00. The van der Waals surface area contributed by atoms with Gasteiger partial charge in [-0.25, -0.2) is 4.31 Å². The highest BCUT2D eigenvalue weighted by Crippen LogP contribution is 2.54. The van der Waals surface area contributed by atoms with Gasteiger partial charge in [-0.05, 0) is 39.5 Å². The third-order valence-corrected chi connectivity index (χ3v) is 8.58. The first-order valence-corrected chi connectivity index (χ1v) is 11.1. The molecule has 0 aromatic heterocycles. The first-order chi connectivity index (χ1) is 12.3. The van der Waals surface area contributed by atoms with Crippen LogP contribution in [0.4, 0.5) is 0 Å². The van der Waals surface area contributed by atoms with Gasteiger partial charge >= 0.3 is 0 Å². The van der Waals surface area contributed by atoms with E-state index in [1.807, 2.05) is 0 Å². The van der Waals surface area contributed by atoms with Crippen LogP contribution >= 0.6 is 12.8 Å². The Labute approximate surface area is 165 Å². The second-order valence-corrected chi connectivity index (χ2v) is 9.63. The molecule has 5 heteroatoms. The van der Waals surface area contributed by atoms with Crippen molar-refractivity contribution in [1.29, 1.82) is 0 Å². The van der Waals surface area contributed by atoms with Gasteiger partial charge in [0.1, 0.15) is 6.10 Å². The molecule has 3 aliphatic rings. The zero-order chi connectivity index (χ0) is 19.0. The summed E-state index contributed by atoms with van der Waals surface area (Å²) < 4.78 is 21.5. The van der Waals surface area contributed by atoms with E-state index in [1.54, 1.807) is 0 Å². The molecule has 2 aliphatic heterocycles. The number of nitrogens with zero attached hydrogens (tertiary/aromatic N) is 1. The molecule has 26 heavy (non-hydrogen) atoms. The minimum absolute atomic E-state index is 0.0422. The summed E-state index contributed by atoms with van der Waals surface area (Å²) in [5.74, 6) is -0.271. The fourth-order valence-electron chi connectivity index (χ4n) is 5.22. The Balaban J connectivity index is 1.70. The molecule has 0 bridgehead atoms. The number of hydrogen-bond acceptors (Lipinski definition) is 5. The molecule has 0 radical (unpaired) electrons.